The van der Waals surface area contributed by atoms with Crippen LogP contribution in [0.5, 0.6) is 0 Å². The summed E-state index contributed by atoms with van der Waals surface area (Å²) in [7, 11) is 8.57. The molecule has 1 aromatic carbocycles. The number of nitrogens with zero attached hydrogens (tertiary/aromatic N) is 1. The third-order valence-electron chi connectivity index (χ3n) is 2.76. The van der Waals surface area contributed by atoms with Crippen molar-refractivity contribution in [3.05, 3.63) is 39.4 Å². The van der Waals surface area contributed by atoms with Gasteiger partial charge < -0.3 is 15.4 Å². The molecule has 0 aliphatic carbocycles. The molecule has 10 heteroatoms. The van der Waals surface area contributed by atoms with Gasteiger partial charge in [-0.3, -0.25) is 14.9 Å². The van der Waals surface area contributed by atoms with Crippen molar-refractivity contribution in [2.75, 3.05) is 13.1 Å². The predicted octanol–water partition coefficient (Wildman–Crippen LogP) is 1.64. The number of carbonyl (C=O) groups excluding carboxylic acids is 2. The van der Waals surface area contributed by atoms with Crippen molar-refractivity contribution >= 4 is 34.8 Å². The van der Waals surface area contributed by atoms with Gasteiger partial charge in [-0.15, -0.1) is 9.24 Å². The van der Waals surface area contributed by atoms with Crippen molar-refractivity contribution in [1.82, 2.24) is 10.6 Å². The molecule has 1 aromatic rings. The maximum Gasteiger partial charge on any atom is 0.407 e. The fourth-order valence-corrected chi connectivity index (χ4v) is 1.72. The number of alkyl carbamates (subject to hydrolysis) is 1. The molecule has 2 atom stereocenters. The Labute approximate surface area is 144 Å². The molecule has 0 heterocycles. The van der Waals surface area contributed by atoms with Gasteiger partial charge >= 0.3 is 6.09 Å². The molecule has 0 bridgehead atoms. The zero-order valence-electron chi connectivity index (χ0n) is 13.9. The molecule has 2 amide bonds. The molecule has 1 rings (SSSR count). The Morgan fingerprint density at radius 1 is 1.46 bits per heavy atom. The number of hydrogen-bond donors (Lipinski definition) is 2. The van der Waals surface area contributed by atoms with Crippen LogP contribution in [-0.4, -0.2) is 37.9 Å². The van der Waals surface area contributed by atoms with Gasteiger partial charge in [-0.05, 0) is 18.6 Å². The van der Waals surface area contributed by atoms with Crippen molar-refractivity contribution in [2.24, 2.45) is 0 Å². The van der Waals surface area contributed by atoms with Gasteiger partial charge in [0.2, 0.25) is 5.91 Å². The van der Waals surface area contributed by atoms with Crippen LogP contribution in [0.3, 0.4) is 0 Å². The Kier molecular flexibility index (Phi) is 10.4. The van der Waals surface area contributed by atoms with Gasteiger partial charge in [0, 0.05) is 26.6 Å². The van der Waals surface area contributed by atoms with Crippen molar-refractivity contribution in [1.29, 1.82) is 0 Å². The number of carbonyl (C=O) groups is 2. The fraction of sp³-hybridized carbons (Fsp3) is 0.429. The third-order valence-corrected chi connectivity index (χ3v) is 2.76. The molecule has 0 saturated carbocycles. The summed E-state index contributed by atoms with van der Waals surface area (Å²) in [5.74, 6) is -0.204. The number of hydrogen-bond acceptors (Lipinski definition) is 5. The highest BCUT2D eigenvalue weighted by Crippen LogP contribution is 2.28. The van der Waals surface area contributed by atoms with Crippen molar-refractivity contribution in [3.8, 4) is 0 Å². The summed E-state index contributed by atoms with van der Waals surface area (Å²) in [5, 5.41) is 15.9. The molecule has 8 nitrogen and oxygen atoms in total. The van der Waals surface area contributed by atoms with Gasteiger partial charge in [-0.2, -0.15) is 0 Å². The molecule has 2 N–H and O–H groups in total. The number of nitro groups is 1. The van der Waals surface area contributed by atoms with E-state index in [0.717, 1.165) is 0 Å². The number of rotatable bonds is 5. The maximum atomic E-state index is 11.2. The van der Waals surface area contributed by atoms with E-state index in [1.54, 1.807) is 19.1 Å². The second-order valence-electron chi connectivity index (χ2n) is 4.59. The summed E-state index contributed by atoms with van der Waals surface area (Å²) in [4.78, 5) is 32.6. The Morgan fingerprint density at radius 3 is 2.50 bits per heavy atom. The maximum absolute atomic E-state index is 11.2. The van der Waals surface area contributed by atoms with E-state index in [9.17, 15) is 19.7 Å². The predicted molar refractivity (Wildman–Crippen MR) is 94.9 cm³/mol. The van der Waals surface area contributed by atoms with E-state index in [-0.39, 0.29) is 23.7 Å². The van der Waals surface area contributed by atoms with Crippen LogP contribution < -0.4 is 10.6 Å². The average molecular weight is 353 g/mol. The van der Waals surface area contributed by atoms with Crippen molar-refractivity contribution in [3.63, 3.8) is 0 Å². The molecule has 24 heavy (non-hydrogen) atoms. The highest BCUT2D eigenvalue weighted by Gasteiger charge is 2.22. The number of ether oxygens (including phenoxy) is 1. The smallest absolute Gasteiger partial charge is 0.407 e. The molecule has 130 valence electrons. The number of amides is 2. The number of benzene rings is 1. The minimum absolute atomic E-state index is 0.141. The van der Waals surface area contributed by atoms with Gasteiger partial charge in [0.1, 0.15) is 6.10 Å². The first kappa shape index (κ1) is 21.9. The summed E-state index contributed by atoms with van der Waals surface area (Å²) in [6.07, 6.45) is -1.47. The molecule has 0 spiro atoms. The third kappa shape index (κ3) is 7.92. The van der Waals surface area contributed by atoms with Crippen LogP contribution >= 0.6 is 9.24 Å². The molecule has 0 saturated heterocycles. The lowest BCUT2D eigenvalue weighted by Gasteiger charge is -2.14. The van der Waals surface area contributed by atoms with Crippen LogP contribution in [0.25, 0.3) is 0 Å². The number of nitrogens with one attached hydrogen (secondary N) is 2. The van der Waals surface area contributed by atoms with E-state index in [1.165, 1.54) is 20.0 Å². The van der Waals surface area contributed by atoms with Gasteiger partial charge in [0.15, 0.2) is 0 Å². The van der Waals surface area contributed by atoms with E-state index < -0.39 is 17.1 Å². The van der Waals surface area contributed by atoms with Gasteiger partial charge in [-0.25, -0.2) is 4.79 Å². The molecule has 0 aromatic heterocycles. The van der Waals surface area contributed by atoms with Gasteiger partial charge in [0.25, 0.3) is 5.69 Å². The van der Waals surface area contributed by atoms with Crippen LogP contribution in [0.4, 0.5) is 10.5 Å². The highest BCUT2D eigenvalue weighted by molar-refractivity contribution is 7.19. The lowest BCUT2D eigenvalue weighted by atomic mass is 10.0. The monoisotopic (exact) mass is 353 g/mol. The Balaban J connectivity index is 0.00000163. The first-order valence-corrected chi connectivity index (χ1v) is 7.88. The lowest BCUT2D eigenvalue weighted by Crippen LogP contribution is -2.22. The van der Waals surface area contributed by atoms with Crippen LogP contribution in [0.15, 0.2) is 18.2 Å². The van der Waals surface area contributed by atoms with E-state index in [4.69, 9.17) is 12.6 Å². The van der Waals surface area contributed by atoms with E-state index in [2.05, 4.69) is 19.9 Å². The Bertz CT molecular complexity index is 586. The van der Waals surface area contributed by atoms with Crippen LogP contribution in [0.2, 0.25) is 0 Å². The quantitative estimate of drug-likeness (QED) is 0.362. The van der Waals surface area contributed by atoms with Crippen molar-refractivity contribution in [2.45, 2.75) is 26.5 Å². The largest absolute Gasteiger partial charge is 0.441 e. The first-order valence-electron chi connectivity index (χ1n) is 7.06. The van der Waals surface area contributed by atoms with Crippen LogP contribution in [0, 0.1) is 10.1 Å². The molecular weight excluding hydrogens is 332 g/mol. The summed E-state index contributed by atoms with van der Waals surface area (Å²) < 4.78 is 5.02. The first-order chi connectivity index (χ1) is 11.3. The SMILES string of the molecule is CNC(=O)OC(C)c1cc(CNC(C)=O)ccc1[N+](=O)[O-].[B]CP. The van der Waals surface area contributed by atoms with Crippen LogP contribution in [0.1, 0.15) is 31.1 Å². The van der Waals surface area contributed by atoms with E-state index in [0.29, 0.717) is 11.6 Å². The normalized spacial score (nSPS) is 10.7. The zero-order chi connectivity index (χ0) is 18.7. The summed E-state index contributed by atoms with van der Waals surface area (Å²) in [6, 6.07) is 5.09. The Hall–Kier alpha value is -2.15. The average Bonchev–Trinajstić information content (AvgIpc) is 2.53. The summed E-state index contributed by atoms with van der Waals surface area (Å²) >= 11 is 0. The molecule has 0 aliphatic rings. The summed E-state index contributed by atoms with van der Waals surface area (Å²) in [6.45, 7) is 3.16. The fourth-order valence-electron chi connectivity index (χ4n) is 1.72. The second-order valence-corrected chi connectivity index (χ2v) is 5.06. The standard InChI is InChI=1S/C13H17N3O5.CH4BP/c1-8(21-13(18)14-3)11-6-10(7-15-9(2)17)4-5-12(11)16(19)20;2-1-3/h4-6,8H,7H2,1-3H3,(H,14,18)(H,15,17);1,3H2. The van der Waals surface area contributed by atoms with E-state index in [1.807, 2.05) is 0 Å². The van der Waals surface area contributed by atoms with Crippen molar-refractivity contribution < 1.29 is 19.2 Å². The lowest BCUT2D eigenvalue weighted by molar-refractivity contribution is -0.386. The minimum atomic E-state index is -0.789. The molecular formula is C14H21BN3O5P. The van der Waals surface area contributed by atoms with Gasteiger partial charge in [0.05, 0.1) is 18.3 Å². The number of nitro benzene ring substituents is 1. The molecule has 2 unspecified atom stereocenters. The molecule has 0 aliphatic heterocycles. The second kappa shape index (κ2) is 11.4. The van der Waals surface area contributed by atoms with E-state index >= 15 is 0 Å². The minimum Gasteiger partial charge on any atom is -0.441 e. The highest BCUT2D eigenvalue weighted by atomic mass is 31.0. The zero-order valence-corrected chi connectivity index (χ0v) is 15.0. The summed E-state index contributed by atoms with van der Waals surface area (Å²) in [5.41, 5.74) is 0.808. The molecule has 0 fully saturated rings. The molecule has 2 radical (unpaired) electrons. The van der Waals surface area contributed by atoms with Crippen LogP contribution in [-0.2, 0) is 16.1 Å². The Morgan fingerprint density at radius 2 is 2.04 bits per heavy atom. The topological polar surface area (TPSA) is 111 Å². The van der Waals surface area contributed by atoms with Gasteiger partial charge in [-0.1, -0.05) is 12.1 Å².